The molecular weight excluding hydrogens is 228 g/mol. The van der Waals surface area contributed by atoms with Gasteiger partial charge < -0.3 is 10.0 Å². The van der Waals surface area contributed by atoms with Gasteiger partial charge in [-0.25, -0.2) is 0 Å². The summed E-state index contributed by atoms with van der Waals surface area (Å²) in [4.78, 5) is 14.0. The number of hydrogen-bond donors (Lipinski definition) is 2. The number of carbonyl (C=O) groups is 1. The Bertz CT molecular complexity index is 292. The zero-order chi connectivity index (χ0) is 13.9. The minimum atomic E-state index is -0.736. The molecule has 4 heteroatoms. The van der Waals surface area contributed by atoms with E-state index in [4.69, 9.17) is 0 Å². The molecule has 0 aromatic carbocycles. The van der Waals surface area contributed by atoms with E-state index in [0.717, 1.165) is 19.3 Å². The molecule has 0 aromatic rings. The number of aliphatic carboxylic acids is 1. The first-order chi connectivity index (χ1) is 8.28. The highest BCUT2D eigenvalue weighted by Crippen LogP contribution is 2.32. The molecule has 2 atom stereocenters. The van der Waals surface area contributed by atoms with Gasteiger partial charge in [-0.3, -0.25) is 10.1 Å². The van der Waals surface area contributed by atoms with Crippen LogP contribution in [0.2, 0.25) is 0 Å². The summed E-state index contributed by atoms with van der Waals surface area (Å²) in [6.45, 7) is 8.35. The number of carboxylic acids is 1. The van der Waals surface area contributed by atoms with Crippen LogP contribution in [0.1, 0.15) is 53.4 Å². The average molecular weight is 256 g/mol. The topological polar surface area (TPSA) is 52.6 Å². The van der Waals surface area contributed by atoms with Crippen molar-refractivity contribution in [3.8, 4) is 0 Å². The maximum atomic E-state index is 11.7. The fraction of sp³-hybridized carbons (Fsp3) is 0.929. The Labute approximate surface area is 111 Å². The Balaban J connectivity index is 2.83. The van der Waals surface area contributed by atoms with E-state index < -0.39 is 11.5 Å². The van der Waals surface area contributed by atoms with E-state index in [-0.39, 0.29) is 6.04 Å². The van der Waals surface area contributed by atoms with Gasteiger partial charge in [0.25, 0.3) is 0 Å². The minimum absolute atomic E-state index is 0.198. The van der Waals surface area contributed by atoms with Crippen molar-refractivity contribution in [1.82, 2.24) is 10.2 Å². The van der Waals surface area contributed by atoms with Crippen LogP contribution in [0, 0.1) is 0 Å². The number of hydrogen-bond acceptors (Lipinski definition) is 3. The SMILES string of the molecule is CC(C)NC1(C(=O)O)CCCC(N(C)C(C)C)C1. The lowest BCUT2D eigenvalue weighted by Gasteiger charge is -2.43. The maximum Gasteiger partial charge on any atom is 0.323 e. The van der Waals surface area contributed by atoms with Crippen molar-refractivity contribution < 1.29 is 9.90 Å². The van der Waals surface area contributed by atoms with Crippen molar-refractivity contribution in [3.63, 3.8) is 0 Å². The summed E-state index contributed by atoms with van der Waals surface area (Å²) in [5, 5.41) is 12.9. The molecule has 1 aliphatic carbocycles. The van der Waals surface area contributed by atoms with E-state index in [1.807, 2.05) is 13.8 Å². The Morgan fingerprint density at radius 3 is 2.44 bits per heavy atom. The van der Waals surface area contributed by atoms with Crippen LogP contribution in [0.3, 0.4) is 0 Å². The summed E-state index contributed by atoms with van der Waals surface area (Å²) in [6, 6.07) is 1.02. The quantitative estimate of drug-likeness (QED) is 0.791. The summed E-state index contributed by atoms with van der Waals surface area (Å²) in [5.74, 6) is -0.696. The van der Waals surface area contributed by atoms with Crippen LogP contribution in [-0.2, 0) is 4.79 Å². The largest absolute Gasteiger partial charge is 0.480 e. The molecule has 0 saturated heterocycles. The van der Waals surface area contributed by atoms with Crippen LogP contribution in [0.15, 0.2) is 0 Å². The smallest absolute Gasteiger partial charge is 0.323 e. The second kappa shape index (κ2) is 6.02. The van der Waals surface area contributed by atoms with Crippen molar-refractivity contribution in [2.75, 3.05) is 7.05 Å². The molecule has 0 heterocycles. The fourth-order valence-electron chi connectivity index (χ4n) is 2.95. The highest BCUT2D eigenvalue weighted by Gasteiger charge is 2.44. The number of carboxylic acid groups (broad SMARTS) is 1. The van der Waals surface area contributed by atoms with Gasteiger partial charge in [-0.05, 0) is 60.4 Å². The van der Waals surface area contributed by atoms with Crippen LogP contribution in [0.5, 0.6) is 0 Å². The normalized spacial score (nSPS) is 29.2. The van der Waals surface area contributed by atoms with Crippen molar-refractivity contribution in [2.24, 2.45) is 0 Å². The maximum absolute atomic E-state index is 11.7. The predicted octanol–water partition coefficient (Wildman–Crippen LogP) is 2.09. The second-order valence-electron chi connectivity index (χ2n) is 6.20. The van der Waals surface area contributed by atoms with Gasteiger partial charge >= 0.3 is 5.97 Å². The zero-order valence-corrected chi connectivity index (χ0v) is 12.4. The zero-order valence-electron chi connectivity index (χ0n) is 12.4. The van der Waals surface area contributed by atoms with Gasteiger partial charge in [-0.2, -0.15) is 0 Å². The van der Waals surface area contributed by atoms with Gasteiger partial charge in [0, 0.05) is 18.1 Å². The van der Waals surface area contributed by atoms with E-state index in [1.165, 1.54) is 0 Å². The molecule has 2 unspecified atom stereocenters. The Morgan fingerprint density at radius 1 is 1.39 bits per heavy atom. The molecule has 0 radical (unpaired) electrons. The van der Waals surface area contributed by atoms with Crippen molar-refractivity contribution in [1.29, 1.82) is 0 Å². The summed E-state index contributed by atoms with van der Waals surface area (Å²) >= 11 is 0. The lowest BCUT2D eigenvalue weighted by molar-refractivity contribution is -0.148. The number of nitrogens with one attached hydrogen (secondary N) is 1. The summed E-state index contributed by atoms with van der Waals surface area (Å²) < 4.78 is 0. The molecule has 2 N–H and O–H groups in total. The van der Waals surface area contributed by atoms with E-state index in [9.17, 15) is 9.90 Å². The third-order valence-corrected chi connectivity index (χ3v) is 4.09. The summed E-state index contributed by atoms with van der Waals surface area (Å²) in [7, 11) is 2.10. The number of nitrogens with zero attached hydrogens (tertiary/aromatic N) is 1. The van der Waals surface area contributed by atoms with Gasteiger partial charge in [0.2, 0.25) is 0 Å². The fourth-order valence-corrected chi connectivity index (χ4v) is 2.95. The Kier molecular flexibility index (Phi) is 5.17. The van der Waals surface area contributed by atoms with E-state index >= 15 is 0 Å². The van der Waals surface area contributed by atoms with Gasteiger partial charge in [0.05, 0.1) is 0 Å². The molecular formula is C14H28N2O2. The van der Waals surface area contributed by atoms with Crippen LogP contribution in [0.25, 0.3) is 0 Å². The third-order valence-electron chi connectivity index (χ3n) is 4.09. The summed E-state index contributed by atoms with van der Waals surface area (Å²) in [5.41, 5.74) is -0.736. The van der Waals surface area contributed by atoms with Gasteiger partial charge in [-0.1, -0.05) is 0 Å². The molecule has 18 heavy (non-hydrogen) atoms. The molecule has 1 rings (SSSR count). The van der Waals surface area contributed by atoms with Gasteiger partial charge in [0.1, 0.15) is 5.54 Å². The molecule has 0 aromatic heterocycles. The first kappa shape index (κ1) is 15.4. The van der Waals surface area contributed by atoms with E-state index in [2.05, 4.69) is 31.1 Å². The molecule has 1 saturated carbocycles. The molecule has 1 aliphatic rings. The van der Waals surface area contributed by atoms with Crippen LogP contribution in [0.4, 0.5) is 0 Å². The lowest BCUT2D eigenvalue weighted by Crippen LogP contribution is -2.60. The minimum Gasteiger partial charge on any atom is -0.480 e. The first-order valence-electron chi connectivity index (χ1n) is 7.01. The van der Waals surface area contributed by atoms with E-state index in [1.54, 1.807) is 0 Å². The molecule has 0 spiro atoms. The molecule has 0 amide bonds. The van der Waals surface area contributed by atoms with Gasteiger partial charge in [-0.15, -0.1) is 0 Å². The Hall–Kier alpha value is -0.610. The van der Waals surface area contributed by atoms with Crippen molar-refractivity contribution >= 4 is 5.97 Å². The highest BCUT2D eigenvalue weighted by molar-refractivity contribution is 5.79. The lowest BCUT2D eigenvalue weighted by atomic mass is 9.77. The van der Waals surface area contributed by atoms with Gasteiger partial charge in [0.15, 0.2) is 0 Å². The second-order valence-corrected chi connectivity index (χ2v) is 6.20. The standard InChI is InChI=1S/C14H28N2O2/c1-10(2)15-14(13(17)18)8-6-7-12(9-14)16(5)11(3)4/h10-12,15H,6-9H2,1-5H3,(H,17,18). The molecule has 0 aliphatic heterocycles. The predicted molar refractivity (Wildman–Crippen MR) is 73.8 cm³/mol. The number of rotatable bonds is 5. The molecule has 106 valence electrons. The Morgan fingerprint density at radius 2 is 2.00 bits per heavy atom. The highest BCUT2D eigenvalue weighted by atomic mass is 16.4. The molecule has 1 fully saturated rings. The van der Waals surface area contributed by atoms with Crippen LogP contribution < -0.4 is 5.32 Å². The van der Waals surface area contributed by atoms with Crippen molar-refractivity contribution in [2.45, 2.75) is 77.0 Å². The van der Waals surface area contributed by atoms with Crippen LogP contribution in [-0.4, -0.2) is 46.7 Å². The van der Waals surface area contributed by atoms with E-state index in [0.29, 0.717) is 18.5 Å². The average Bonchev–Trinajstić information content (AvgIpc) is 2.27. The monoisotopic (exact) mass is 256 g/mol. The first-order valence-corrected chi connectivity index (χ1v) is 7.01. The van der Waals surface area contributed by atoms with Crippen molar-refractivity contribution in [3.05, 3.63) is 0 Å². The van der Waals surface area contributed by atoms with Crippen LogP contribution >= 0.6 is 0 Å². The molecule has 4 nitrogen and oxygen atoms in total. The summed E-state index contributed by atoms with van der Waals surface area (Å²) in [6.07, 6.45) is 3.52. The molecule has 0 bridgehead atoms. The third kappa shape index (κ3) is 3.45.